The van der Waals surface area contributed by atoms with Crippen molar-refractivity contribution in [1.29, 1.82) is 0 Å². The summed E-state index contributed by atoms with van der Waals surface area (Å²) in [5.74, 6) is 0.122. The average Bonchev–Trinajstić information content (AvgIpc) is 1.80. The maximum Gasteiger partial charge on any atom is 0.342 e. The standard InChI is InChI=1S/C77H59BN2O6/c1-43(2)44-35-63-71-64(36-44)80(52-33-47(61-41-83-67-23-15-11-19-55(61)67)30-48(34-52)62-42-84-68-24-16-12-20-56(62)68)73-58-38-50(77(6,7)8)26-28-70(58)86-75(73)78(71)74-72(57-37-49(76(3,4)5)25-27-69(57)85-74)79(63)51-31-45(59-39-81-65-21-13-9-17-53(59)65)29-46(32-51)60-40-82-66-22-14-10-18-54(60)66/h9-43H,1-8H3. The van der Waals surface area contributed by atoms with Crippen molar-refractivity contribution in [2.45, 2.75) is 72.1 Å². The first kappa shape index (κ1) is 50.4. The predicted molar refractivity (Wildman–Crippen MR) is 352 cm³/mol. The Labute approximate surface area is 497 Å². The van der Waals surface area contributed by atoms with Crippen molar-refractivity contribution in [3.63, 3.8) is 0 Å². The molecular weight excluding hydrogens is 1060 g/mol. The molecule has 9 aromatic carbocycles. The molecule has 8 heterocycles. The lowest BCUT2D eigenvalue weighted by molar-refractivity contribution is 0.590. The topological polar surface area (TPSA) is 85.3 Å². The highest BCUT2D eigenvalue weighted by atomic mass is 16.4. The molecular formula is C77H59BN2O6. The van der Waals surface area contributed by atoms with Crippen molar-refractivity contribution in [3.8, 4) is 44.5 Å². The zero-order valence-corrected chi connectivity index (χ0v) is 49.1. The number of rotatable bonds is 7. The number of anilines is 6. The zero-order valence-electron chi connectivity index (χ0n) is 49.1. The molecule has 0 N–H and O–H groups in total. The predicted octanol–water partition coefficient (Wildman–Crippen LogP) is 20.6. The van der Waals surface area contributed by atoms with Gasteiger partial charge in [0, 0.05) is 77.3 Å². The van der Waals surface area contributed by atoms with E-state index in [1.807, 2.05) is 73.6 Å². The van der Waals surface area contributed by atoms with E-state index in [0.29, 0.717) is 0 Å². The van der Waals surface area contributed by atoms with Gasteiger partial charge in [-0.15, -0.1) is 0 Å². The van der Waals surface area contributed by atoms with Crippen molar-refractivity contribution < 1.29 is 26.5 Å². The molecule has 0 bridgehead atoms. The van der Waals surface area contributed by atoms with Gasteiger partial charge in [0.25, 0.3) is 0 Å². The van der Waals surface area contributed by atoms with Gasteiger partial charge in [-0.2, -0.15) is 0 Å². The molecule has 6 aromatic heterocycles. The number of para-hydroxylation sites is 4. The van der Waals surface area contributed by atoms with Crippen LogP contribution in [0.5, 0.6) is 0 Å². The van der Waals surface area contributed by atoms with Crippen molar-refractivity contribution in [3.05, 3.63) is 224 Å². The maximum atomic E-state index is 7.58. The fourth-order valence-corrected chi connectivity index (χ4v) is 13.7. The first-order valence-corrected chi connectivity index (χ1v) is 29.8. The lowest BCUT2D eigenvalue weighted by Crippen LogP contribution is -2.60. The fraction of sp³-hybridized carbons (Fsp3) is 0.143. The molecule has 0 spiro atoms. The molecule has 17 rings (SSSR count). The molecule has 0 radical (unpaired) electrons. The van der Waals surface area contributed by atoms with Gasteiger partial charge in [-0.25, -0.2) is 0 Å². The minimum atomic E-state index is -0.466. The first-order chi connectivity index (χ1) is 41.7. The Morgan fingerprint density at radius 3 is 1.02 bits per heavy atom. The lowest BCUT2D eigenvalue weighted by Gasteiger charge is -2.41. The molecule has 9 heteroatoms. The van der Waals surface area contributed by atoms with Crippen LogP contribution in [0.4, 0.5) is 34.1 Å². The SMILES string of the molecule is CC(C)c1cc2c3c(c1)N(c1cc(-c4coc5ccccc45)cc(-c4coc5ccccc45)c1)c1c(oc4ccc(C(C)(C)C)cc14)B3c1oc3ccc(C(C)(C)C)cc3c1N2c1cc(-c2coc3ccccc23)cc(-c2coc3ccccc23)c1. The number of hydrogen-bond acceptors (Lipinski definition) is 8. The van der Waals surface area contributed by atoms with Gasteiger partial charge in [0.2, 0.25) is 0 Å². The molecule has 0 amide bonds. The van der Waals surface area contributed by atoms with E-state index in [2.05, 4.69) is 199 Å². The molecule has 8 nitrogen and oxygen atoms in total. The third-order valence-corrected chi connectivity index (χ3v) is 18.2. The number of benzene rings is 9. The lowest BCUT2D eigenvalue weighted by atomic mass is 9.37. The Hall–Kier alpha value is -10.1. The van der Waals surface area contributed by atoms with E-state index in [0.717, 1.165) is 161 Å². The van der Waals surface area contributed by atoms with E-state index < -0.39 is 6.71 Å². The molecule has 0 aliphatic carbocycles. The second-order valence-corrected chi connectivity index (χ2v) is 25.9. The minimum Gasteiger partial charge on any atom is -0.468 e. The summed E-state index contributed by atoms with van der Waals surface area (Å²) in [4.78, 5) is 4.99. The van der Waals surface area contributed by atoms with Crippen LogP contribution >= 0.6 is 0 Å². The van der Waals surface area contributed by atoms with Crippen molar-refractivity contribution >= 4 is 123 Å². The summed E-state index contributed by atoms with van der Waals surface area (Å²) in [5.41, 5.74) is 24.8. The average molecular weight is 1120 g/mol. The Kier molecular flexibility index (Phi) is 10.7. The molecule has 86 heavy (non-hydrogen) atoms. The van der Waals surface area contributed by atoms with E-state index in [-0.39, 0.29) is 16.7 Å². The highest BCUT2D eigenvalue weighted by molar-refractivity contribution is 6.99. The Morgan fingerprint density at radius 2 is 0.698 bits per heavy atom. The third kappa shape index (κ3) is 7.56. The Balaban J connectivity index is 1.01. The van der Waals surface area contributed by atoms with Crippen LogP contribution in [0.3, 0.4) is 0 Å². The third-order valence-electron chi connectivity index (χ3n) is 18.2. The van der Waals surface area contributed by atoms with E-state index in [4.69, 9.17) is 26.5 Å². The molecule has 0 fully saturated rings. The number of fused-ring (bicyclic) bond motifs is 12. The Morgan fingerprint density at radius 1 is 0.360 bits per heavy atom. The van der Waals surface area contributed by atoms with Gasteiger partial charge in [0.15, 0.2) is 0 Å². The van der Waals surface area contributed by atoms with Gasteiger partial charge >= 0.3 is 6.71 Å². The summed E-state index contributed by atoms with van der Waals surface area (Å²) >= 11 is 0. The molecule has 2 aliphatic heterocycles. The number of hydrogen-bond donors (Lipinski definition) is 0. The van der Waals surface area contributed by atoms with Crippen LogP contribution in [0.1, 0.15) is 78.0 Å². The van der Waals surface area contributed by atoms with Gasteiger partial charge < -0.3 is 36.3 Å². The molecule has 15 aromatic rings. The highest BCUT2D eigenvalue weighted by Crippen LogP contribution is 2.53. The quantitative estimate of drug-likeness (QED) is 0.146. The van der Waals surface area contributed by atoms with E-state index in [1.165, 1.54) is 16.7 Å². The van der Waals surface area contributed by atoms with Crippen molar-refractivity contribution in [2.75, 3.05) is 9.80 Å². The van der Waals surface area contributed by atoms with Gasteiger partial charge in [-0.3, -0.25) is 0 Å². The summed E-state index contributed by atoms with van der Waals surface area (Å²) in [5, 5.41) is 6.18. The van der Waals surface area contributed by atoms with Crippen LogP contribution in [0.15, 0.2) is 234 Å². The van der Waals surface area contributed by atoms with Crippen LogP contribution in [-0.4, -0.2) is 6.71 Å². The molecule has 0 unspecified atom stereocenters. The van der Waals surface area contributed by atoms with E-state index in [1.54, 1.807) is 0 Å². The molecule has 0 saturated heterocycles. The highest BCUT2D eigenvalue weighted by Gasteiger charge is 2.50. The van der Waals surface area contributed by atoms with E-state index >= 15 is 0 Å². The minimum absolute atomic E-state index is 0.122. The van der Waals surface area contributed by atoms with Crippen LogP contribution < -0.4 is 26.6 Å². The van der Waals surface area contributed by atoms with Gasteiger partial charge in [-0.05, 0) is 158 Å². The Bertz CT molecular complexity index is 4790. The second kappa shape index (κ2) is 18.2. The van der Waals surface area contributed by atoms with Crippen LogP contribution in [0, 0.1) is 0 Å². The molecule has 416 valence electrons. The van der Waals surface area contributed by atoms with E-state index in [9.17, 15) is 0 Å². The largest absolute Gasteiger partial charge is 0.468 e. The van der Waals surface area contributed by atoms with Gasteiger partial charge in [0.05, 0.1) is 36.4 Å². The van der Waals surface area contributed by atoms with Gasteiger partial charge in [-0.1, -0.05) is 140 Å². The fourth-order valence-electron chi connectivity index (χ4n) is 13.7. The number of furan rings is 6. The van der Waals surface area contributed by atoms with Gasteiger partial charge in [0.1, 0.15) is 44.8 Å². The van der Waals surface area contributed by atoms with Crippen LogP contribution in [0.2, 0.25) is 0 Å². The molecule has 0 saturated carbocycles. The second-order valence-electron chi connectivity index (χ2n) is 25.9. The summed E-state index contributed by atoms with van der Waals surface area (Å²) in [6.07, 6.45) is 7.59. The zero-order chi connectivity index (χ0) is 58.1. The monoisotopic (exact) mass is 1120 g/mol. The summed E-state index contributed by atoms with van der Waals surface area (Å²) in [6, 6.07) is 65.4. The smallest absolute Gasteiger partial charge is 0.342 e. The normalized spacial score (nSPS) is 13.4. The van der Waals surface area contributed by atoms with Crippen LogP contribution in [0.25, 0.3) is 110 Å². The summed E-state index contributed by atoms with van der Waals surface area (Å²) < 4.78 is 40.6. The van der Waals surface area contributed by atoms with Crippen molar-refractivity contribution in [2.24, 2.45) is 0 Å². The first-order valence-electron chi connectivity index (χ1n) is 29.8. The molecule has 2 aliphatic rings. The molecule has 0 atom stereocenters. The number of nitrogens with zero attached hydrogens (tertiary/aromatic N) is 2. The summed E-state index contributed by atoms with van der Waals surface area (Å²) in [6.45, 7) is 17.8. The van der Waals surface area contributed by atoms with Crippen LogP contribution in [-0.2, 0) is 10.8 Å². The maximum absolute atomic E-state index is 7.58. The summed E-state index contributed by atoms with van der Waals surface area (Å²) in [7, 11) is 0. The van der Waals surface area contributed by atoms with Crippen molar-refractivity contribution in [1.82, 2.24) is 0 Å².